The first-order chi connectivity index (χ1) is 13.9. The number of anilines is 1. The average Bonchev–Trinajstić information content (AvgIpc) is 3.02. The number of aliphatic hydroxyl groups excluding tert-OH is 1. The molecule has 2 aliphatic rings. The van der Waals surface area contributed by atoms with E-state index in [1.54, 1.807) is 0 Å². The maximum absolute atomic E-state index is 13.4. The first-order valence-electron chi connectivity index (χ1n) is 10.1. The summed E-state index contributed by atoms with van der Waals surface area (Å²) >= 11 is 0. The number of hydrogen-bond donors (Lipinski definition) is 2. The fraction of sp³-hybridized carbons (Fsp3) is 0.650. The van der Waals surface area contributed by atoms with Crippen LogP contribution in [0.15, 0.2) is 28.8 Å². The van der Waals surface area contributed by atoms with Gasteiger partial charge in [-0.15, -0.1) is 0 Å². The molecule has 3 rings (SSSR count). The van der Waals surface area contributed by atoms with E-state index in [1.165, 1.54) is 0 Å². The molecule has 1 aromatic heterocycles. The molecule has 0 radical (unpaired) electrons. The monoisotopic (exact) mass is 447 g/mol. The van der Waals surface area contributed by atoms with Crippen LogP contribution in [-0.2, 0) is 16.2 Å². The molecule has 0 saturated carbocycles. The fourth-order valence-electron chi connectivity index (χ4n) is 4.11. The van der Waals surface area contributed by atoms with E-state index < -0.39 is 44.7 Å². The highest BCUT2D eigenvalue weighted by Gasteiger charge is 2.45. The van der Waals surface area contributed by atoms with Crippen LogP contribution >= 0.6 is 0 Å². The van der Waals surface area contributed by atoms with Gasteiger partial charge in [0.1, 0.15) is 10.7 Å². The highest BCUT2D eigenvalue weighted by Crippen LogP contribution is 2.40. The molecule has 2 N–H and O–H groups in total. The Balaban J connectivity index is 2.00. The van der Waals surface area contributed by atoms with Gasteiger partial charge in [-0.3, -0.25) is 0 Å². The van der Waals surface area contributed by atoms with Crippen molar-refractivity contribution in [2.75, 3.05) is 25.0 Å². The zero-order valence-electron chi connectivity index (χ0n) is 17.2. The summed E-state index contributed by atoms with van der Waals surface area (Å²) in [7, 11) is -4.31. The SMILES string of the molecule is CC1(C)C[C@@H](CO)N(S(=O)(=O)c2cc(C(F)(F)F)cnc2NCC2=CCCCC2)C1. The van der Waals surface area contributed by atoms with Crippen LogP contribution in [0.2, 0.25) is 0 Å². The van der Waals surface area contributed by atoms with E-state index in [2.05, 4.69) is 16.4 Å². The highest BCUT2D eigenvalue weighted by atomic mass is 32.2. The van der Waals surface area contributed by atoms with Crippen molar-refractivity contribution in [3.05, 3.63) is 29.5 Å². The van der Waals surface area contributed by atoms with E-state index in [4.69, 9.17) is 0 Å². The molecule has 1 aliphatic heterocycles. The number of rotatable bonds is 6. The molecule has 30 heavy (non-hydrogen) atoms. The standard InChI is InChI=1S/C20H28F3N3O3S/c1-19(2)9-16(12-27)26(13-19)30(28,29)17-8-15(20(21,22)23)11-25-18(17)24-10-14-6-4-3-5-7-14/h6,8,11,16,27H,3-5,7,9-10,12-13H2,1-2H3,(H,24,25)/t16-/m0/s1. The summed E-state index contributed by atoms with van der Waals surface area (Å²) in [6, 6.07) is -0.0481. The smallest absolute Gasteiger partial charge is 0.395 e. The maximum Gasteiger partial charge on any atom is 0.417 e. The normalized spacial score (nSPS) is 22.7. The Morgan fingerprint density at radius 2 is 2.07 bits per heavy atom. The minimum Gasteiger partial charge on any atom is -0.395 e. The first kappa shape index (κ1) is 23.0. The molecule has 0 aromatic carbocycles. The Hall–Kier alpha value is -1.65. The molecule has 168 valence electrons. The van der Waals surface area contributed by atoms with Crippen molar-refractivity contribution in [3.63, 3.8) is 0 Å². The molecule has 1 saturated heterocycles. The molecule has 0 spiro atoms. The summed E-state index contributed by atoms with van der Waals surface area (Å²) in [5.74, 6) is -0.101. The molecule has 1 aliphatic carbocycles. The van der Waals surface area contributed by atoms with E-state index >= 15 is 0 Å². The zero-order chi connectivity index (χ0) is 22.2. The molecule has 10 heteroatoms. The topological polar surface area (TPSA) is 82.5 Å². The van der Waals surface area contributed by atoms with Gasteiger partial charge in [-0.1, -0.05) is 25.5 Å². The van der Waals surface area contributed by atoms with Gasteiger partial charge >= 0.3 is 6.18 Å². The lowest BCUT2D eigenvalue weighted by atomic mass is 9.91. The summed E-state index contributed by atoms with van der Waals surface area (Å²) in [5, 5.41) is 12.6. The number of allylic oxidation sites excluding steroid dienone is 1. The fourth-order valence-corrected chi connectivity index (χ4v) is 6.06. The molecule has 2 heterocycles. The molecule has 1 aromatic rings. The Labute approximate surface area is 175 Å². The summed E-state index contributed by atoms with van der Waals surface area (Å²) < 4.78 is 67.8. The predicted octanol–water partition coefficient (Wildman–Crippen LogP) is 3.79. The van der Waals surface area contributed by atoms with E-state index in [-0.39, 0.29) is 12.4 Å². The van der Waals surface area contributed by atoms with Crippen molar-refractivity contribution in [1.29, 1.82) is 0 Å². The van der Waals surface area contributed by atoms with Crippen LogP contribution < -0.4 is 5.32 Å². The molecule has 1 atom stereocenters. The molecule has 1 fully saturated rings. The van der Waals surface area contributed by atoms with Crippen LogP contribution in [0, 0.1) is 5.41 Å². The molecule has 0 unspecified atom stereocenters. The molecular weight excluding hydrogens is 419 g/mol. The number of nitrogens with one attached hydrogen (secondary N) is 1. The quantitative estimate of drug-likeness (QED) is 0.649. The minimum atomic E-state index is -4.72. The predicted molar refractivity (Wildman–Crippen MR) is 107 cm³/mol. The van der Waals surface area contributed by atoms with Crippen molar-refractivity contribution in [3.8, 4) is 0 Å². The largest absolute Gasteiger partial charge is 0.417 e. The summed E-state index contributed by atoms with van der Waals surface area (Å²) in [4.78, 5) is 3.32. The number of aliphatic hydroxyl groups is 1. The van der Waals surface area contributed by atoms with E-state index in [1.807, 2.05) is 13.8 Å². The van der Waals surface area contributed by atoms with Crippen molar-refractivity contribution in [2.45, 2.75) is 63.1 Å². The van der Waals surface area contributed by atoms with Crippen LogP contribution in [0.4, 0.5) is 19.0 Å². The van der Waals surface area contributed by atoms with Crippen molar-refractivity contribution in [1.82, 2.24) is 9.29 Å². The van der Waals surface area contributed by atoms with Gasteiger partial charge in [-0.2, -0.15) is 17.5 Å². The van der Waals surface area contributed by atoms with Gasteiger partial charge in [0.2, 0.25) is 10.0 Å². The summed E-state index contributed by atoms with van der Waals surface area (Å²) in [6.07, 6.45) is 2.34. The van der Waals surface area contributed by atoms with E-state index in [0.29, 0.717) is 25.2 Å². The van der Waals surface area contributed by atoms with E-state index in [0.717, 1.165) is 35.6 Å². The lowest BCUT2D eigenvalue weighted by molar-refractivity contribution is -0.138. The Kier molecular flexibility index (Phi) is 6.50. The number of pyridine rings is 1. The number of alkyl halides is 3. The van der Waals surface area contributed by atoms with Crippen molar-refractivity contribution in [2.24, 2.45) is 5.41 Å². The highest BCUT2D eigenvalue weighted by molar-refractivity contribution is 7.89. The van der Waals surface area contributed by atoms with Crippen LogP contribution in [0.3, 0.4) is 0 Å². The van der Waals surface area contributed by atoms with Crippen molar-refractivity contribution >= 4 is 15.8 Å². The van der Waals surface area contributed by atoms with Crippen LogP contribution in [0.1, 0.15) is 51.5 Å². The summed E-state index contributed by atoms with van der Waals surface area (Å²) in [6.45, 7) is 3.77. The van der Waals surface area contributed by atoms with Crippen LogP contribution in [0.25, 0.3) is 0 Å². The zero-order valence-corrected chi connectivity index (χ0v) is 18.0. The van der Waals surface area contributed by atoms with Gasteiger partial charge in [0.15, 0.2) is 0 Å². The maximum atomic E-state index is 13.4. The number of sulfonamides is 1. The second kappa shape index (κ2) is 8.47. The third-order valence-electron chi connectivity index (χ3n) is 5.62. The van der Waals surface area contributed by atoms with Crippen LogP contribution in [-0.4, -0.2) is 48.6 Å². The first-order valence-corrected chi connectivity index (χ1v) is 11.5. The van der Waals surface area contributed by atoms with Crippen LogP contribution in [0.5, 0.6) is 0 Å². The van der Waals surface area contributed by atoms with E-state index in [9.17, 15) is 26.7 Å². The molecule has 0 bridgehead atoms. The number of aromatic nitrogens is 1. The van der Waals surface area contributed by atoms with Gasteiger partial charge in [0.25, 0.3) is 0 Å². The van der Waals surface area contributed by atoms with Gasteiger partial charge in [-0.05, 0) is 43.6 Å². The number of halogens is 3. The Morgan fingerprint density at radius 1 is 1.33 bits per heavy atom. The molecular formula is C20H28F3N3O3S. The van der Waals surface area contributed by atoms with Gasteiger partial charge in [0, 0.05) is 25.3 Å². The van der Waals surface area contributed by atoms with Gasteiger partial charge < -0.3 is 10.4 Å². The van der Waals surface area contributed by atoms with Gasteiger partial charge in [0.05, 0.1) is 12.2 Å². The number of hydrogen-bond acceptors (Lipinski definition) is 5. The lowest BCUT2D eigenvalue weighted by Crippen LogP contribution is -2.38. The summed E-state index contributed by atoms with van der Waals surface area (Å²) in [5.41, 5.74) is -0.430. The second-order valence-corrected chi connectivity index (χ2v) is 10.6. The Bertz CT molecular complexity index is 914. The third kappa shape index (κ3) is 4.97. The Morgan fingerprint density at radius 3 is 2.67 bits per heavy atom. The lowest BCUT2D eigenvalue weighted by Gasteiger charge is -2.25. The van der Waals surface area contributed by atoms with Gasteiger partial charge in [-0.25, -0.2) is 13.4 Å². The second-order valence-electron chi connectivity index (χ2n) is 8.79. The minimum absolute atomic E-state index is 0.101. The molecule has 0 amide bonds. The third-order valence-corrected chi connectivity index (χ3v) is 7.54. The number of nitrogens with zero attached hydrogens (tertiary/aromatic N) is 2. The molecule has 6 nitrogen and oxygen atoms in total. The average molecular weight is 448 g/mol. The van der Waals surface area contributed by atoms with Crippen molar-refractivity contribution < 1.29 is 26.7 Å².